The Hall–Kier alpha value is -1.59. The van der Waals surface area contributed by atoms with Crippen molar-refractivity contribution in [3.05, 3.63) is 29.8 Å². The van der Waals surface area contributed by atoms with Crippen LogP contribution in [0.25, 0.3) is 0 Å². The van der Waals surface area contributed by atoms with Gasteiger partial charge in [-0.25, -0.2) is 5.43 Å². The van der Waals surface area contributed by atoms with Crippen molar-refractivity contribution in [2.24, 2.45) is 5.84 Å². The number of rotatable bonds is 6. The molecule has 0 bridgehead atoms. The summed E-state index contributed by atoms with van der Waals surface area (Å²) in [6, 6.07) is 6.54. The molecule has 0 aromatic heterocycles. The molecule has 0 heterocycles. The van der Waals surface area contributed by atoms with Crippen LogP contribution in [0.3, 0.4) is 0 Å². The summed E-state index contributed by atoms with van der Waals surface area (Å²) < 4.78 is 0. The minimum atomic E-state index is -1.18. The Bertz CT molecular complexity index is 395. The van der Waals surface area contributed by atoms with Crippen LogP contribution in [0.15, 0.2) is 24.3 Å². The Morgan fingerprint density at radius 3 is 2.71 bits per heavy atom. The molecule has 1 rings (SSSR count). The second-order valence-electron chi connectivity index (χ2n) is 4.13. The Morgan fingerprint density at radius 2 is 2.24 bits per heavy atom. The predicted molar refractivity (Wildman–Crippen MR) is 64.4 cm³/mol. The average Bonchev–Trinajstić information content (AvgIpc) is 2.28. The number of hydrogen-bond acceptors (Lipinski definition) is 4. The summed E-state index contributed by atoms with van der Waals surface area (Å²) in [5.74, 6) is 4.53. The molecular weight excluding hydrogens is 220 g/mol. The number of hydrazine groups is 1. The fourth-order valence-corrected chi connectivity index (χ4v) is 1.90. The second kappa shape index (κ2) is 5.65. The predicted octanol–water partition coefficient (Wildman–Crippen LogP) is 1.02. The number of aromatic hydroxyl groups is 1. The SMILES string of the molecule is CCCC(Cc1cccc(O)c1)(NN)C(=O)O. The van der Waals surface area contributed by atoms with Gasteiger partial charge in [-0.1, -0.05) is 25.5 Å². The van der Waals surface area contributed by atoms with Crippen molar-refractivity contribution >= 4 is 5.97 Å². The summed E-state index contributed by atoms with van der Waals surface area (Å²) >= 11 is 0. The zero-order valence-corrected chi connectivity index (χ0v) is 9.81. The molecule has 1 aromatic rings. The van der Waals surface area contributed by atoms with Gasteiger partial charge in [-0.3, -0.25) is 10.6 Å². The number of hydrogen-bond donors (Lipinski definition) is 4. The van der Waals surface area contributed by atoms with E-state index in [1.54, 1.807) is 24.3 Å². The van der Waals surface area contributed by atoms with Crippen LogP contribution in [-0.4, -0.2) is 21.7 Å². The summed E-state index contributed by atoms with van der Waals surface area (Å²) in [6.07, 6.45) is 1.37. The van der Waals surface area contributed by atoms with Crippen molar-refractivity contribution in [1.29, 1.82) is 0 Å². The van der Waals surface area contributed by atoms with Crippen LogP contribution in [0.2, 0.25) is 0 Å². The molecule has 0 aliphatic carbocycles. The van der Waals surface area contributed by atoms with E-state index in [1.165, 1.54) is 0 Å². The topological polar surface area (TPSA) is 95.6 Å². The van der Waals surface area contributed by atoms with Gasteiger partial charge < -0.3 is 10.2 Å². The first-order valence-electron chi connectivity index (χ1n) is 5.53. The number of phenols is 1. The first-order valence-corrected chi connectivity index (χ1v) is 5.53. The molecule has 5 heteroatoms. The first kappa shape index (κ1) is 13.5. The van der Waals surface area contributed by atoms with Crippen molar-refractivity contribution in [2.45, 2.75) is 31.7 Å². The summed E-state index contributed by atoms with van der Waals surface area (Å²) in [5, 5.41) is 18.6. The summed E-state index contributed by atoms with van der Waals surface area (Å²) in [5.41, 5.74) is 1.96. The maximum atomic E-state index is 11.3. The number of nitrogens with two attached hydrogens (primary N) is 1. The molecule has 0 fully saturated rings. The Labute approximate surface area is 100 Å². The van der Waals surface area contributed by atoms with Gasteiger partial charge in [0, 0.05) is 6.42 Å². The fraction of sp³-hybridized carbons (Fsp3) is 0.417. The van der Waals surface area contributed by atoms with E-state index >= 15 is 0 Å². The second-order valence-corrected chi connectivity index (χ2v) is 4.13. The van der Waals surface area contributed by atoms with Crippen LogP contribution in [0, 0.1) is 0 Å². The monoisotopic (exact) mass is 238 g/mol. The third kappa shape index (κ3) is 3.18. The van der Waals surface area contributed by atoms with Crippen LogP contribution in [0.5, 0.6) is 5.75 Å². The Balaban J connectivity index is 2.96. The average molecular weight is 238 g/mol. The molecule has 0 saturated heterocycles. The van der Waals surface area contributed by atoms with E-state index in [0.29, 0.717) is 12.8 Å². The molecule has 1 unspecified atom stereocenters. The first-order chi connectivity index (χ1) is 8.04. The molecule has 5 nitrogen and oxygen atoms in total. The van der Waals surface area contributed by atoms with Crippen molar-refractivity contribution in [2.75, 3.05) is 0 Å². The van der Waals surface area contributed by atoms with Crippen molar-refractivity contribution < 1.29 is 15.0 Å². The molecule has 94 valence electrons. The largest absolute Gasteiger partial charge is 0.508 e. The molecule has 17 heavy (non-hydrogen) atoms. The lowest BCUT2D eigenvalue weighted by molar-refractivity contribution is -0.145. The van der Waals surface area contributed by atoms with Crippen LogP contribution >= 0.6 is 0 Å². The summed E-state index contributed by atoms with van der Waals surface area (Å²) in [4.78, 5) is 11.3. The van der Waals surface area contributed by atoms with E-state index < -0.39 is 11.5 Å². The van der Waals surface area contributed by atoms with Crippen molar-refractivity contribution in [3.8, 4) is 5.75 Å². The van der Waals surface area contributed by atoms with E-state index in [0.717, 1.165) is 5.56 Å². The summed E-state index contributed by atoms with van der Waals surface area (Å²) in [7, 11) is 0. The lowest BCUT2D eigenvalue weighted by atomic mass is 9.87. The zero-order chi connectivity index (χ0) is 12.9. The number of phenolic OH excluding ortho intramolecular Hbond substituents is 1. The van der Waals surface area contributed by atoms with Crippen LogP contribution < -0.4 is 11.3 Å². The molecule has 0 aliphatic rings. The van der Waals surface area contributed by atoms with Gasteiger partial charge in [-0.05, 0) is 24.1 Å². The number of carboxylic acid groups (broad SMARTS) is 1. The third-order valence-corrected chi connectivity index (χ3v) is 2.78. The highest BCUT2D eigenvalue weighted by molar-refractivity contribution is 5.79. The quantitative estimate of drug-likeness (QED) is 0.438. The molecule has 1 aromatic carbocycles. The molecule has 0 aliphatic heterocycles. The van der Waals surface area contributed by atoms with Gasteiger partial charge in [0.1, 0.15) is 11.3 Å². The summed E-state index contributed by atoms with van der Waals surface area (Å²) in [6.45, 7) is 1.90. The van der Waals surface area contributed by atoms with Crippen molar-refractivity contribution in [3.63, 3.8) is 0 Å². The number of benzene rings is 1. The van der Waals surface area contributed by atoms with Crippen molar-refractivity contribution in [1.82, 2.24) is 5.43 Å². The highest BCUT2D eigenvalue weighted by Gasteiger charge is 2.36. The maximum Gasteiger partial charge on any atom is 0.325 e. The normalized spacial score (nSPS) is 14.2. The van der Waals surface area contributed by atoms with Gasteiger partial charge in [-0.15, -0.1) is 0 Å². The third-order valence-electron chi connectivity index (χ3n) is 2.78. The van der Waals surface area contributed by atoms with E-state index in [2.05, 4.69) is 5.43 Å². The highest BCUT2D eigenvalue weighted by Crippen LogP contribution is 2.21. The molecule has 0 saturated carbocycles. The van der Waals surface area contributed by atoms with Gasteiger partial charge in [0.2, 0.25) is 0 Å². The standard InChI is InChI=1S/C12H18N2O3/c1-2-6-12(14-13,11(16)17)8-9-4-3-5-10(15)7-9/h3-5,7,14-15H,2,6,8,13H2,1H3,(H,16,17). The fourth-order valence-electron chi connectivity index (χ4n) is 1.90. The molecule has 0 spiro atoms. The minimum Gasteiger partial charge on any atom is -0.508 e. The highest BCUT2D eigenvalue weighted by atomic mass is 16.4. The van der Waals surface area contributed by atoms with Crippen LogP contribution in [0.4, 0.5) is 0 Å². The lowest BCUT2D eigenvalue weighted by Crippen LogP contribution is -2.57. The van der Waals surface area contributed by atoms with E-state index in [-0.39, 0.29) is 12.2 Å². The van der Waals surface area contributed by atoms with Crippen LogP contribution in [-0.2, 0) is 11.2 Å². The van der Waals surface area contributed by atoms with Gasteiger partial charge in [0.15, 0.2) is 0 Å². The molecule has 5 N–H and O–H groups in total. The van der Waals surface area contributed by atoms with E-state index in [1.807, 2.05) is 6.92 Å². The van der Waals surface area contributed by atoms with Gasteiger partial charge in [-0.2, -0.15) is 0 Å². The number of carbonyl (C=O) groups is 1. The maximum absolute atomic E-state index is 11.3. The Morgan fingerprint density at radius 1 is 1.53 bits per heavy atom. The molecule has 0 radical (unpaired) electrons. The number of nitrogens with one attached hydrogen (secondary N) is 1. The smallest absolute Gasteiger partial charge is 0.325 e. The number of aliphatic carboxylic acids is 1. The Kier molecular flexibility index (Phi) is 4.48. The van der Waals surface area contributed by atoms with Gasteiger partial charge >= 0.3 is 5.97 Å². The zero-order valence-electron chi connectivity index (χ0n) is 9.81. The van der Waals surface area contributed by atoms with Gasteiger partial charge in [0.25, 0.3) is 0 Å². The molecular formula is C12H18N2O3. The van der Waals surface area contributed by atoms with Gasteiger partial charge in [0.05, 0.1) is 0 Å². The van der Waals surface area contributed by atoms with E-state index in [9.17, 15) is 15.0 Å². The lowest BCUT2D eigenvalue weighted by Gasteiger charge is -2.28. The minimum absolute atomic E-state index is 0.121. The number of carboxylic acids is 1. The molecule has 0 amide bonds. The molecule has 1 atom stereocenters. The van der Waals surface area contributed by atoms with E-state index in [4.69, 9.17) is 5.84 Å². The van der Waals surface area contributed by atoms with Crippen LogP contribution in [0.1, 0.15) is 25.3 Å².